The van der Waals surface area contributed by atoms with Crippen LogP contribution in [0.15, 0.2) is 77.7 Å². The molecule has 5 nitrogen and oxygen atoms in total. The summed E-state index contributed by atoms with van der Waals surface area (Å²) in [6.07, 6.45) is 1.65. The fourth-order valence-electron chi connectivity index (χ4n) is 2.87. The number of hydrogen-bond acceptors (Lipinski definition) is 4. The number of benzene rings is 2. The van der Waals surface area contributed by atoms with Crippen molar-refractivity contribution in [3.05, 3.63) is 83.3 Å². The molecule has 2 aromatic carbocycles. The van der Waals surface area contributed by atoms with Crippen LogP contribution in [0, 0.1) is 0 Å². The van der Waals surface area contributed by atoms with E-state index in [0.29, 0.717) is 11.2 Å². The van der Waals surface area contributed by atoms with E-state index in [0.717, 1.165) is 28.1 Å². The standard InChI is InChI=1S/C21H17N3O2/c1-26-17-9-7-16(8-10-17)23-20-19-15(11-12-22-21(19)25)13-18(24-20)14-5-3-2-4-6-14/h2-13H,1H3,(H,22,25)(H,23,24). The Kier molecular flexibility index (Phi) is 4.11. The van der Waals surface area contributed by atoms with Gasteiger partial charge in [-0.05, 0) is 41.8 Å². The third-order valence-electron chi connectivity index (χ3n) is 4.18. The first-order valence-corrected chi connectivity index (χ1v) is 8.23. The van der Waals surface area contributed by atoms with Crippen LogP contribution in [-0.4, -0.2) is 17.1 Å². The van der Waals surface area contributed by atoms with Crippen LogP contribution < -0.4 is 15.6 Å². The Balaban J connectivity index is 1.86. The second-order valence-electron chi connectivity index (χ2n) is 5.85. The van der Waals surface area contributed by atoms with E-state index < -0.39 is 0 Å². The van der Waals surface area contributed by atoms with Crippen LogP contribution in [0.5, 0.6) is 5.75 Å². The number of aromatic amines is 1. The van der Waals surface area contributed by atoms with Gasteiger partial charge in [0.15, 0.2) is 0 Å². The smallest absolute Gasteiger partial charge is 0.259 e. The Hall–Kier alpha value is -3.60. The quantitative estimate of drug-likeness (QED) is 0.578. The zero-order chi connectivity index (χ0) is 17.9. The van der Waals surface area contributed by atoms with E-state index in [4.69, 9.17) is 9.72 Å². The molecule has 2 N–H and O–H groups in total. The second kappa shape index (κ2) is 6.72. The normalized spacial score (nSPS) is 10.7. The molecule has 0 atom stereocenters. The number of nitrogens with one attached hydrogen (secondary N) is 2. The minimum Gasteiger partial charge on any atom is -0.497 e. The van der Waals surface area contributed by atoms with Gasteiger partial charge in [-0.1, -0.05) is 30.3 Å². The Morgan fingerprint density at radius 1 is 1.00 bits per heavy atom. The van der Waals surface area contributed by atoms with Crippen LogP contribution in [0.25, 0.3) is 22.0 Å². The number of hydrogen-bond donors (Lipinski definition) is 2. The fraction of sp³-hybridized carbons (Fsp3) is 0.0476. The van der Waals surface area contributed by atoms with Crippen molar-refractivity contribution in [3.63, 3.8) is 0 Å². The van der Waals surface area contributed by atoms with Gasteiger partial charge in [0.2, 0.25) is 0 Å². The molecular weight excluding hydrogens is 326 g/mol. The molecule has 2 aromatic heterocycles. The highest BCUT2D eigenvalue weighted by Gasteiger charge is 2.11. The van der Waals surface area contributed by atoms with Gasteiger partial charge in [0.05, 0.1) is 18.2 Å². The molecule has 0 amide bonds. The third kappa shape index (κ3) is 3.02. The van der Waals surface area contributed by atoms with E-state index in [2.05, 4.69) is 10.3 Å². The average molecular weight is 343 g/mol. The SMILES string of the molecule is COc1ccc(Nc2nc(-c3ccccc3)cc3cc[nH]c(=O)c23)cc1. The van der Waals surface area contributed by atoms with Gasteiger partial charge in [0, 0.05) is 17.4 Å². The molecule has 4 rings (SSSR count). The monoisotopic (exact) mass is 343 g/mol. The van der Waals surface area contributed by atoms with Crippen molar-refractivity contribution in [2.24, 2.45) is 0 Å². The number of methoxy groups -OCH3 is 1. The summed E-state index contributed by atoms with van der Waals surface area (Å²) in [7, 11) is 1.63. The van der Waals surface area contributed by atoms with Gasteiger partial charge in [-0.3, -0.25) is 4.79 Å². The molecule has 4 aromatic rings. The Morgan fingerprint density at radius 2 is 1.77 bits per heavy atom. The van der Waals surface area contributed by atoms with Gasteiger partial charge >= 0.3 is 0 Å². The molecule has 0 radical (unpaired) electrons. The number of nitrogens with zero attached hydrogens (tertiary/aromatic N) is 1. The van der Waals surface area contributed by atoms with Gasteiger partial charge in [0.25, 0.3) is 5.56 Å². The molecule has 0 aliphatic rings. The number of anilines is 2. The van der Waals surface area contributed by atoms with Gasteiger partial charge < -0.3 is 15.0 Å². The molecule has 26 heavy (non-hydrogen) atoms. The van der Waals surface area contributed by atoms with Crippen LogP contribution in [0.3, 0.4) is 0 Å². The Labute approximate surface area is 150 Å². The molecule has 0 spiro atoms. The number of fused-ring (bicyclic) bond motifs is 1. The highest BCUT2D eigenvalue weighted by atomic mass is 16.5. The van der Waals surface area contributed by atoms with E-state index in [1.807, 2.05) is 66.7 Å². The molecule has 0 bridgehead atoms. The maximum absolute atomic E-state index is 12.4. The first kappa shape index (κ1) is 15.9. The van der Waals surface area contributed by atoms with Crippen molar-refractivity contribution in [1.29, 1.82) is 0 Å². The topological polar surface area (TPSA) is 67.0 Å². The third-order valence-corrected chi connectivity index (χ3v) is 4.18. The van der Waals surface area contributed by atoms with E-state index in [9.17, 15) is 4.79 Å². The summed E-state index contributed by atoms with van der Waals surface area (Å²) in [6, 6.07) is 21.2. The predicted molar refractivity (Wildman–Crippen MR) is 104 cm³/mol. The summed E-state index contributed by atoms with van der Waals surface area (Å²) < 4.78 is 5.19. The lowest BCUT2D eigenvalue weighted by atomic mass is 10.1. The van der Waals surface area contributed by atoms with Crippen molar-refractivity contribution < 1.29 is 4.74 Å². The van der Waals surface area contributed by atoms with Gasteiger partial charge in [0.1, 0.15) is 11.6 Å². The lowest BCUT2D eigenvalue weighted by molar-refractivity contribution is 0.415. The summed E-state index contributed by atoms with van der Waals surface area (Å²) in [5.41, 5.74) is 2.45. The number of pyridine rings is 2. The van der Waals surface area contributed by atoms with Crippen molar-refractivity contribution in [1.82, 2.24) is 9.97 Å². The highest BCUT2D eigenvalue weighted by molar-refractivity contribution is 5.95. The molecule has 128 valence electrons. The van der Waals surface area contributed by atoms with E-state index in [1.54, 1.807) is 13.3 Å². The number of rotatable bonds is 4. The lowest BCUT2D eigenvalue weighted by Gasteiger charge is -2.11. The van der Waals surface area contributed by atoms with Gasteiger partial charge in [-0.15, -0.1) is 0 Å². The number of H-pyrrole nitrogens is 1. The molecule has 0 fully saturated rings. The van der Waals surface area contributed by atoms with Gasteiger partial charge in [-0.2, -0.15) is 0 Å². The molecule has 0 unspecified atom stereocenters. The van der Waals surface area contributed by atoms with Crippen molar-refractivity contribution in [2.75, 3.05) is 12.4 Å². The fourth-order valence-corrected chi connectivity index (χ4v) is 2.87. The van der Waals surface area contributed by atoms with E-state index in [1.165, 1.54) is 0 Å². The van der Waals surface area contributed by atoms with Crippen LogP contribution in [-0.2, 0) is 0 Å². The van der Waals surface area contributed by atoms with Crippen LogP contribution in [0.1, 0.15) is 0 Å². The molecule has 2 heterocycles. The zero-order valence-electron chi connectivity index (χ0n) is 14.2. The lowest BCUT2D eigenvalue weighted by Crippen LogP contribution is -2.09. The zero-order valence-corrected chi connectivity index (χ0v) is 14.2. The van der Waals surface area contributed by atoms with E-state index >= 15 is 0 Å². The average Bonchev–Trinajstić information content (AvgIpc) is 2.69. The highest BCUT2D eigenvalue weighted by Crippen LogP contribution is 2.28. The molecule has 0 saturated heterocycles. The van der Waals surface area contributed by atoms with Crippen molar-refractivity contribution >= 4 is 22.3 Å². The summed E-state index contributed by atoms with van der Waals surface area (Å²) in [4.78, 5) is 19.8. The maximum Gasteiger partial charge on any atom is 0.259 e. The maximum atomic E-state index is 12.4. The minimum atomic E-state index is -0.175. The van der Waals surface area contributed by atoms with Crippen LogP contribution in [0.2, 0.25) is 0 Å². The van der Waals surface area contributed by atoms with Crippen LogP contribution in [0.4, 0.5) is 11.5 Å². The second-order valence-corrected chi connectivity index (χ2v) is 5.85. The minimum absolute atomic E-state index is 0.175. The molecule has 0 aliphatic carbocycles. The van der Waals surface area contributed by atoms with Crippen LogP contribution >= 0.6 is 0 Å². The largest absolute Gasteiger partial charge is 0.497 e. The number of aromatic nitrogens is 2. The predicted octanol–water partition coefficient (Wildman–Crippen LogP) is 4.34. The molecule has 0 aliphatic heterocycles. The van der Waals surface area contributed by atoms with Gasteiger partial charge in [-0.25, -0.2) is 4.98 Å². The summed E-state index contributed by atoms with van der Waals surface area (Å²) in [5.74, 6) is 1.29. The summed E-state index contributed by atoms with van der Waals surface area (Å²) in [6.45, 7) is 0. The molecule has 5 heteroatoms. The summed E-state index contributed by atoms with van der Waals surface area (Å²) >= 11 is 0. The molecular formula is C21H17N3O2. The number of ether oxygens (including phenoxy) is 1. The first-order chi connectivity index (χ1) is 12.7. The van der Waals surface area contributed by atoms with Crippen molar-refractivity contribution in [3.8, 4) is 17.0 Å². The summed E-state index contributed by atoms with van der Waals surface area (Å²) in [5, 5.41) is 4.63. The Bertz CT molecular complexity index is 1100. The van der Waals surface area contributed by atoms with E-state index in [-0.39, 0.29) is 5.56 Å². The first-order valence-electron chi connectivity index (χ1n) is 8.23. The molecule has 0 saturated carbocycles. The van der Waals surface area contributed by atoms with Crippen molar-refractivity contribution in [2.45, 2.75) is 0 Å². The Morgan fingerprint density at radius 3 is 2.50 bits per heavy atom.